The molecule has 2 unspecified atom stereocenters. The molecule has 0 aliphatic rings. The summed E-state index contributed by atoms with van der Waals surface area (Å²) in [6, 6.07) is 12.1. The molecule has 2 rings (SSSR count). The van der Waals surface area contributed by atoms with Crippen LogP contribution in [0.1, 0.15) is 43.9 Å². The monoisotopic (exact) mass is 284 g/mol. The molecule has 3 nitrogen and oxygen atoms in total. The van der Waals surface area contributed by atoms with Crippen LogP contribution in [0.5, 0.6) is 5.75 Å². The van der Waals surface area contributed by atoms with Crippen LogP contribution in [0.15, 0.2) is 48.8 Å². The predicted molar refractivity (Wildman–Crippen MR) is 86.3 cm³/mol. The van der Waals surface area contributed by atoms with Crippen molar-refractivity contribution in [1.29, 1.82) is 0 Å². The average molecular weight is 284 g/mol. The first-order valence-electron chi connectivity index (χ1n) is 7.61. The van der Waals surface area contributed by atoms with Crippen LogP contribution < -0.4 is 10.5 Å². The SMILES string of the molecule is CCCCc1ccc(OC(c2cccnc2)C(C)N)cc1. The molecular weight excluding hydrogens is 260 g/mol. The fourth-order valence-electron chi connectivity index (χ4n) is 2.29. The molecule has 2 N–H and O–H groups in total. The van der Waals surface area contributed by atoms with Crippen molar-refractivity contribution < 1.29 is 4.74 Å². The molecule has 21 heavy (non-hydrogen) atoms. The zero-order chi connectivity index (χ0) is 15.1. The maximum Gasteiger partial charge on any atom is 0.140 e. The molecule has 1 aromatic carbocycles. The van der Waals surface area contributed by atoms with Gasteiger partial charge >= 0.3 is 0 Å². The zero-order valence-corrected chi connectivity index (χ0v) is 12.8. The predicted octanol–water partition coefficient (Wildman–Crippen LogP) is 3.89. The van der Waals surface area contributed by atoms with Crippen molar-refractivity contribution in [3.63, 3.8) is 0 Å². The van der Waals surface area contributed by atoms with Gasteiger partial charge in [-0.3, -0.25) is 4.98 Å². The van der Waals surface area contributed by atoms with Gasteiger partial charge in [-0.2, -0.15) is 0 Å². The summed E-state index contributed by atoms with van der Waals surface area (Å²) >= 11 is 0. The van der Waals surface area contributed by atoms with E-state index in [1.165, 1.54) is 18.4 Å². The summed E-state index contributed by atoms with van der Waals surface area (Å²) < 4.78 is 6.06. The molecule has 0 radical (unpaired) electrons. The second-order valence-electron chi connectivity index (χ2n) is 5.43. The van der Waals surface area contributed by atoms with Crippen molar-refractivity contribution in [2.24, 2.45) is 5.73 Å². The molecule has 0 amide bonds. The molecule has 0 aliphatic carbocycles. The molecule has 1 aromatic heterocycles. The highest BCUT2D eigenvalue weighted by Gasteiger charge is 2.18. The Morgan fingerprint density at radius 3 is 2.52 bits per heavy atom. The van der Waals surface area contributed by atoms with E-state index in [0.717, 1.165) is 17.7 Å². The first-order valence-corrected chi connectivity index (χ1v) is 7.61. The molecule has 0 fully saturated rings. The maximum absolute atomic E-state index is 6.06. The first-order chi connectivity index (χ1) is 10.2. The second kappa shape index (κ2) is 7.79. The van der Waals surface area contributed by atoms with Gasteiger partial charge in [0, 0.05) is 24.0 Å². The molecule has 3 heteroatoms. The Hall–Kier alpha value is -1.87. The normalized spacial score (nSPS) is 13.7. The Morgan fingerprint density at radius 2 is 1.95 bits per heavy atom. The summed E-state index contributed by atoms with van der Waals surface area (Å²) in [5.74, 6) is 0.849. The lowest BCUT2D eigenvalue weighted by Gasteiger charge is -2.22. The van der Waals surface area contributed by atoms with Gasteiger partial charge in [0.2, 0.25) is 0 Å². The number of hydrogen-bond acceptors (Lipinski definition) is 3. The standard InChI is InChI=1S/C18H24N2O/c1-3-4-6-15-8-10-17(11-9-15)21-18(14(2)19)16-7-5-12-20-13-16/h5,7-14,18H,3-4,6,19H2,1-2H3. The number of pyridine rings is 1. The van der Waals surface area contributed by atoms with E-state index in [9.17, 15) is 0 Å². The summed E-state index contributed by atoms with van der Waals surface area (Å²) in [7, 11) is 0. The quantitative estimate of drug-likeness (QED) is 0.839. The molecule has 2 aromatic rings. The summed E-state index contributed by atoms with van der Waals surface area (Å²) in [5.41, 5.74) is 8.41. The lowest BCUT2D eigenvalue weighted by atomic mass is 10.1. The van der Waals surface area contributed by atoms with Crippen LogP contribution in [-0.2, 0) is 6.42 Å². The van der Waals surface area contributed by atoms with Gasteiger partial charge in [0.1, 0.15) is 11.9 Å². The van der Waals surface area contributed by atoms with Crippen molar-refractivity contribution >= 4 is 0 Å². The third-order valence-electron chi connectivity index (χ3n) is 3.50. The van der Waals surface area contributed by atoms with Crippen LogP contribution in [0.2, 0.25) is 0 Å². The van der Waals surface area contributed by atoms with Gasteiger partial charge in [0.15, 0.2) is 0 Å². The zero-order valence-electron chi connectivity index (χ0n) is 12.8. The number of nitrogens with zero attached hydrogens (tertiary/aromatic N) is 1. The smallest absolute Gasteiger partial charge is 0.140 e. The summed E-state index contributed by atoms with van der Waals surface area (Å²) in [6.45, 7) is 4.16. The highest BCUT2D eigenvalue weighted by Crippen LogP contribution is 2.24. The molecule has 1 heterocycles. The number of aromatic nitrogens is 1. The lowest BCUT2D eigenvalue weighted by molar-refractivity contribution is 0.180. The number of nitrogens with two attached hydrogens (primary N) is 1. The number of ether oxygens (including phenoxy) is 1. The van der Waals surface area contributed by atoms with Crippen LogP contribution >= 0.6 is 0 Å². The third-order valence-corrected chi connectivity index (χ3v) is 3.50. The fraction of sp³-hybridized carbons (Fsp3) is 0.389. The molecular formula is C18H24N2O. The summed E-state index contributed by atoms with van der Waals surface area (Å²) in [4.78, 5) is 4.14. The topological polar surface area (TPSA) is 48.1 Å². The fourth-order valence-corrected chi connectivity index (χ4v) is 2.29. The Morgan fingerprint density at radius 1 is 1.19 bits per heavy atom. The van der Waals surface area contributed by atoms with Crippen molar-refractivity contribution in [3.05, 3.63) is 59.9 Å². The second-order valence-corrected chi connectivity index (χ2v) is 5.43. The van der Waals surface area contributed by atoms with Gasteiger partial charge in [-0.25, -0.2) is 0 Å². The molecule has 0 aliphatic heterocycles. The maximum atomic E-state index is 6.06. The van der Waals surface area contributed by atoms with E-state index in [1.807, 2.05) is 37.4 Å². The van der Waals surface area contributed by atoms with Gasteiger partial charge in [-0.15, -0.1) is 0 Å². The van der Waals surface area contributed by atoms with Gasteiger partial charge < -0.3 is 10.5 Å². The Labute approximate surface area is 127 Å². The van der Waals surface area contributed by atoms with Crippen LogP contribution in [0, 0.1) is 0 Å². The highest BCUT2D eigenvalue weighted by molar-refractivity contribution is 5.28. The minimum atomic E-state index is -0.180. The van der Waals surface area contributed by atoms with Gasteiger partial charge in [-0.05, 0) is 43.5 Å². The minimum absolute atomic E-state index is 0.103. The van der Waals surface area contributed by atoms with Crippen molar-refractivity contribution in [2.75, 3.05) is 0 Å². The first kappa shape index (κ1) is 15.5. The number of aryl methyl sites for hydroxylation is 1. The van der Waals surface area contributed by atoms with Crippen molar-refractivity contribution in [3.8, 4) is 5.75 Å². The molecule has 0 spiro atoms. The minimum Gasteiger partial charge on any atom is -0.484 e. The Bertz CT molecular complexity index is 523. The average Bonchev–Trinajstić information content (AvgIpc) is 2.52. The number of rotatable bonds is 7. The van der Waals surface area contributed by atoms with Crippen molar-refractivity contribution in [2.45, 2.75) is 45.3 Å². The van der Waals surface area contributed by atoms with Gasteiger partial charge in [0.25, 0.3) is 0 Å². The molecule has 0 saturated carbocycles. The third kappa shape index (κ3) is 4.57. The number of hydrogen-bond donors (Lipinski definition) is 1. The molecule has 2 atom stereocenters. The van der Waals surface area contributed by atoms with E-state index < -0.39 is 0 Å². The molecule has 0 bridgehead atoms. The molecule has 0 saturated heterocycles. The van der Waals surface area contributed by atoms with E-state index in [4.69, 9.17) is 10.5 Å². The summed E-state index contributed by atoms with van der Waals surface area (Å²) in [6.07, 6.45) is 6.94. The lowest BCUT2D eigenvalue weighted by Crippen LogP contribution is -2.29. The number of benzene rings is 1. The summed E-state index contributed by atoms with van der Waals surface area (Å²) in [5, 5.41) is 0. The Kier molecular flexibility index (Phi) is 5.76. The van der Waals surface area contributed by atoms with Gasteiger partial charge in [0.05, 0.1) is 0 Å². The largest absolute Gasteiger partial charge is 0.484 e. The van der Waals surface area contributed by atoms with Crippen LogP contribution in [-0.4, -0.2) is 11.0 Å². The highest BCUT2D eigenvalue weighted by atomic mass is 16.5. The van der Waals surface area contributed by atoms with E-state index >= 15 is 0 Å². The van der Waals surface area contributed by atoms with Crippen LogP contribution in [0.4, 0.5) is 0 Å². The molecule has 112 valence electrons. The number of unbranched alkanes of at least 4 members (excludes halogenated alkanes) is 1. The van der Waals surface area contributed by atoms with E-state index in [0.29, 0.717) is 0 Å². The van der Waals surface area contributed by atoms with Crippen LogP contribution in [0.3, 0.4) is 0 Å². The van der Waals surface area contributed by atoms with Gasteiger partial charge in [-0.1, -0.05) is 31.5 Å². The van der Waals surface area contributed by atoms with Crippen LogP contribution in [0.25, 0.3) is 0 Å². The van der Waals surface area contributed by atoms with E-state index in [-0.39, 0.29) is 12.1 Å². The van der Waals surface area contributed by atoms with E-state index in [2.05, 4.69) is 24.0 Å². The van der Waals surface area contributed by atoms with E-state index in [1.54, 1.807) is 6.20 Å². The van der Waals surface area contributed by atoms with Crippen molar-refractivity contribution in [1.82, 2.24) is 4.98 Å². The Balaban J connectivity index is 2.07.